The van der Waals surface area contributed by atoms with Crippen molar-refractivity contribution in [3.8, 4) is 0 Å². The largest absolute Gasteiger partial charge is 0.313 e. The van der Waals surface area contributed by atoms with Crippen molar-refractivity contribution < 1.29 is 0 Å². The number of hydrogen-bond acceptors (Lipinski definition) is 3. The van der Waals surface area contributed by atoms with E-state index in [0.29, 0.717) is 0 Å². The zero-order valence-electron chi connectivity index (χ0n) is 6.04. The molecule has 0 aromatic carbocycles. The SMILES string of the molecule is CCNCc1cncnc1. The van der Waals surface area contributed by atoms with E-state index in [-0.39, 0.29) is 0 Å². The van der Waals surface area contributed by atoms with Gasteiger partial charge in [0.2, 0.25) is 0 Å². The molecule has 3 nitrogen and oxygen atoms in total. The Morgan fingerprint density at radius 2 is 2.10 bits per heavy atom. The van der Waals surface area contributed by atoms with E-state index < -0.39 is 0 Å². The maximum atomic E-state index is 3.89. The summed E-state index contributed by atoms with van der Waals surface area (Å²) >= 11 is 0. The lowest BCUT2D eigenvalue weighted by Gasteiger charge is -1.98. The molecule has 0 aliphatic heterocycles. The first-order valence-corrected chi connectivity index (χ1v) is 3.38. The highest BCUT2D eigenvalue weighted by atomic mass is 14.9. The van der Waals surface area contributed by atoms with Crippen LogP contribution in [0, 0.1) is 0 Å². The summed E-state index contributed by atoms with van der Waals surface area (Å²) in [5.41, 5.74) is 1.13. The van der Waals surface area contributed by atoms with Crippen LogP contribution in [0.1, 0.15) is 12.5 Å². The summed E-state index contributed by atoms with van der Waals surface area (Å²) in [6.45, 7) is 3.91. The maximum absolute atomic E-state index is 3.89. The van der Waals surface area contributed by atoms with Gasteiger partial charge in [0.1, 0.15) is 6.33 Å². The van der Waals surface area contributed by atoms with Gasteiger partial charge in [-0.05, 0) is 6.54 Å². The van der Waals surface area contributed by atoms with Crippen LogP contribution in [0.25, 0.3) is 0 Å². The summed E-state index contributed by atoms with van der Waals surface area (Å²) in [6, 6.07) is 0. The smallest absolute Gasteiger partial charge is 0.115 e. The molecule has 10 heavy (non-hydrogen) atoms. The fourth-order valence-corrected chi connectivity index (χ4v) is 0.691. The molecule has 0 atom stereocenters. The Morgan fingerprint density at radius 1 is 1.40 bits per heavy atom. The summed E-state index contributed by atoms with van der Waals surface area (Å²) in [5, 5.41) is 3.18. The van der Waals surface area contributed by atoms with Crippen molar-refractivity contribution in [3.63, 3.8) is 0 Å². The van der Waals surface area contributed by atoms with Gasteiger partial charge in [-0.1, -0.05) is 6.92 Å². The summed E-state index contributed by atoms with van der Waals surface area (Å²) in [5.74, 6) is 0. The molecule has 0 fully saturated rings. The predicted molar refractivity (Wildman–Crippen MR) is 39.4 cm³/mol. The molecule has 1 rings (SSSR count). The minimum absolute atomic E-state index is 0.858. The predicted octanol–water partition coefficient (Wildman–Crippen LogP) is 0.586. The normalized spacial score (nSPS) is 9.70. The molecular weight excluding hydrogens is 126 g/mol. The molecule has 0 amide bonds. The maximum Gasteiger partial charge on any atom is 0.115 e. The van der Waals surface area contributed by atoms with Gasteiger partial charge in [0, 0.05) is 24.5 Å². The Bertz CT molecular complexity index is 173. The molecule has 1 N–H and O–H groups in total. The van der Waals surface area contributed by atoms with Gasteiger partial charge in [0.15, 0.2) is 0 Å². The van der Waals surface area contributed by atoms with Gasteiger partial charge in [-0.2, -0.15) is 0 Å². The van der Waals surface area contributed by atoms with E-state index in [4.69, 9.17) is 0 Å². The van der Waals surface area contributed by atoms with Gasteiger partial charge in [-0.3, -0.25) is 0 Å². The Labute approximate surface area is 60.5 Å². The highest BCUT2D eigenvalue weighted by Crippen LogP contribution is 1.89. The van der Waals surface area contributed by atoms with E-state index >= 15 is 0 Å². The lowest BCUT2D eigenvalue weighted by molar-refractivity contribution is 0.721. The van der Waals surface area contributed by atoms with Crippen molar-refractivity contribution in [1.82, 2.24) is 15.3 Å². The van der Waals surface area contributed by atoms with E-state index in [9.17, 15) is 0 Å². The number of aromatic nitrogens is 2. The van der Waals surface area contributed by atoms with Gasteiger partial charge in [-0.25, -0.2) is 9.97 Å². The molecule has 0 aliphatic carbocycles. The average molecular weight is 137 g/mol. The number of hydrogen-bond donors (Lipinski definition) is 1. The first-order chi connectivity index (χ1) is 4.93. The van der Waals surface area contributed by atoms with Crippen LogP contribution < -0.4 is 5.32 Å². The minimum Gasteiger partial charge on any atom is -0.313 e. The van der Waals surface area contributed by atoms with Crippen molar-refractivity contribution in [2.24, 2.45) is 0 Å². The Morgan fingerprint density at radius 3 is 2.70 bits per heavy atom. The molecular formula is C7H11N3. The third-order valence-corrected chi connectivity index (χ3v) is 1.19. The number of nitrogens with one attached hydrogen (secondary N) is 1. The molecule has 0 aliphatic rings. The van der Waals surface area contributed by atoms with Gasteiger partial charge in [0.25, 0.3) is 0 Å². The van der Waals surface area contributed by atoms with E-state index in [2.05, 4.69) is 22.2 Å². The lowest BCUT2D eigenvalue weighted by atomic mass is 10.3. The van der Waals surface area contributed by atoms with Crippen LogP contribution in [-0.2, 0) is 6.54 Å². The zero-order chi connectivity index (χ0) is 7.23. The van der Waals surface area contributed by atoms with Crippen LogP contribution in [0.5, 0.6) is 0 Å². The summed E-state index contributed by atoms with van der Waals surface area (Å²) in [4.78, 5) is 7.77. The minimum atomic E-state index is 0.858. The summed E-state index contributed by atoms with van der Waals surface area (Å²) in [6.07, 6.45) is 5.17. The van der Waals surface area contributed by atoms with Crippen molar-refractivity contribution in [2.45, 2.75) is 13.5 Å². The molecule has 0 saturated heterocycles. The summed E-state index contributed by atoms with van der Waals surface area (Å²) in [7, 11) is 0. The van der Waals surface area contributed by atoms with E-state index in [0.717, 1.165) is 18.7 Å². The monoisotopic (exact) mass is 137 g/mol. The second kappa shape index (κ2) is 3.95. The Kier molecular flexibility index (Phi) is 2.83. The van der Waals surface area contributed by atoms with Crippen molar-refractivity contribution in [3.05, 3.63) is 24.3 Å². The van der Waals surface area contributed by atoms with Crippen molar-refractivity contribution in [2.75, 3.05) is 6.54 Å². The van der Waals surface area contributed by atoms with Crippen molar-refractivity contribution in [1.29, 1.82) is 0 Å². The van der Waals surface area contributed by atoms with Crippen LogP contribution in [0.4, 0.5) is 0 Å². The van der Waals surface area contributed by atoms with E-state index in [1.54, 1.807) is 0 Å². The fraction of sp³-hybridized carbons (Fsp3) is 0.429. The van der Waals surface area contributed by atoms with Gasteiger partial charge in [-0.15, -0.1) is 0 Å². The molecule has 0 saturated carbocycles. The zero-order valence-corrected chi connectivity index (χ0v) is 6.04. The molecule has 0 radical (unpaired) electrons. The topological polar surface area (TPSA) is 37.8 Å². The average Bonchev–Trinajstić information content (AvgIpc) is 2.03. The van der Waals surface area contributed by atoms with Gasteiger partial charge in [0.05, 0.1) is 0 Å². The molecule has 0 spiro atoms. The third kappa shape index (κ3) is 2.11. The quantitative estimate of drug-likeness (QED) is 0.662. The molecule has 0 unspecified atom stereocenters. The highest BCUT2D eigenvalue weighted by Gasteiger charge is 1.87. The van der Waals surface area contributed by atoms with Gasteiger partial charge >= 0.3 is 0 Å². The highest BCUT2D eigenvalue weighted by molar-refractivity contribution is 5.01. The standard InChI is InChI=1S/C7H11N3/c1-2-8-3-7-4-9-6-10-5-7/h4-6,8H,2-3H2,1H3. The Balaban J connectivity index is 2.43. The van der Waals surface area contributed by atoms with Crippen LogP contribution >= 0.6 is 0 Å². The molecule has 3 heteroatoms. The molecule has 1 aromatic heterocycles. The van der Waals surface area contributed by atoms with Crippen LogP contribution in [0.15, 0.2) is 18.7 Å². The molecule has 0 bridgehead atoms. The fourth-order valence-electron chi connectivity index (χ4n) is 0.691. The lowest BCUT2D eigenvalue weighted by Crippen LogP contribution is -2.11. The first-order valence-electron chi connectivity index (χ1n) is 3.38. The van der Waals surface area contributed by atoms with E-state index in [1.165, 1.54) is 6.33 Å². The molecule has 1 heterocycles. The molecule has 1 aromatic rings. The second-order valence-electron chi connectivity index (χ2n) is 2.03. The van der Waals surface area contributed by atoms with Crippen LogP contribution in [-0.4, -0.2) is 16.5 Å². The number of nitrogens with zero attached hydrogens (tertiary/aromatic N) is 2. The van der Waals surface area contributed by atoms with Crippen molar-refractivity contribution >= 4 is 0 Å². The van der Waals surface area contributed by atoms with Gasteiger partial charge < -0.3 is 5.32 Å². The molecule has 54 valence electrons. The first kappa shape index (κ1) is 7.15. The van der Waals surface area contributed by atoms with Crippen LogP contribution in [0.3, 0.4) is 0 Å². The van der Waals surface area contributed by atoms with E-state index in [1.807, 2.05) is 12.4 Å². The second-order valence-corrected chi connectivity index (χ2v) is 2.03. The van der Waals surface area contributed by atoms with Crippen LogP contribution in [0.2, 0.25) is 0 Å². The Hall–Kier alpha value is -0.960. The third-order valence-electron chi connectivity index (χ3n) is 1.19. The number of rotatable bonds is 3. The summed E-state index contributed by atoms with van der Waals surface area (Å²) < 4.78 is 0.